The van der Waals surface area contributed by atoms with Crippen LogP contribution < -0.4 is 10.6 Å². The van der Waals surface area contributed by atoms with Gasteiger partial charge in [0.05, 0.1) is 5.60 Å². The Bertz CT molecular complexity index is 265. The van der Waals surface area contributed by atoms with E-state index in [1.807, 2.05) is 6.92 Å². The van der Waals surface area contributed by atoms with E-state index in [9.17, 15) is 4.79 Å². The van der Waals surface area contributed by atoms with Gasteiger partial charge in [0.25, 0.3) is 0 Å². The third-order valence-corrected chi connectivity index (χ3v) is 3.90. The van der Waals surface area contributed by atoms with Crippen LogP contribution in [0.5, 0.6) is 0 Å². The SMILES string of the molecule is CCCCCCCCCCNC(=O)COC1(C)CNC1. The second-order valence-electron chi connectivity index (χ2n) is 6.17. The second-order valence-corrected chi connectivity index (χ2v) is 6.17. The monoisotopic (exact) mass is 284 g/mol. The van der Waals surface area contributed by atoms with Gasteiger partial charge in [0, 0.05) is 19.6 Å². The third kappa shape index (κ3) is 7.85. The molecule has 1 heterocycles. The lowest BCUT2D eigenvalue weighted by atomic mass is 10.0. The molecule has 1 aliphatic rings. The highest BCUT2D eigenvalue weighted by molar-refractivity contribution is 5.77. The molecule has 118 valence electrons. The van der Waals surface area contributed by atoms with Crippen LogP contribution in [0.1, 0.15) is 65.2 Å². The van der Waals surface area contributed by atoms with Crippen LogP contribution in [0.2, 0.25) is 0 Å². The Morgan fingerprint density at radius 1 is 1.10 bits per heavy atom. The maximum absolute atomic E-state index is 11.6. The molecule has 0 unspecified atom stereocenters. The van der Waals surface area contributed by atoms with E-state index in [4.69, 9.17) is 4.74 Å². The van der Waals surface area contributed by atoms with Gasteiger partial charge < -0.3 is 15.4 Å². The zero-order valence-electron chi connectivity index (χ0n) is 13.3. The van der Waals surface area contributed by atoms with Crippen molar-refractivity contribution in [3.8, 4) is 0 Å². The third-order valence-electron chi connectivity index (χ3n) is 3.90. The average Bonchev–Trinajstić information content (AvgIpc) is 2.41. The zero-order valence-corrected chi connectivity index (χ0v) is 13.3. The average molecular weight is 284 g/mol. The summed E-state index contributed by atoms with van der Waals surface area (Å²) in [7, 11) is 0. The molecule has 1 amide bonds. The zero-order chi connectivity index (χ0) is 14.7. The molecular weight excluding hydrogens is 252 g/mol. The molecule has 1 saturated heterocycles. The van der Waals surface area contributed by atoms with Crippen LogP contribution in [-0.2, 0) is 9.53 Å². The van der Waals surface area contributed by atoms with Crippen molar-refractivity contribution in [3.63, 3.8) is 0 Å². The van der Waals surface area contributed by atoms with E-state index < -0.39 is 0 Å². The van der Waals surface area contributed by atoms with Crippen molar-refractivity contribution >= 4 is 5.91 Å². The van der Waals surface area contributed by atoms with Gasteiger partial charge in [-0.2, -0.15) is 0 Å². The summed E-state index contributed by atoms with van der Waals surface area (Å²) in [6.07, 6.45) is 10.3. The Morgan fingerprint density at radius 2 is 1.70 bits per heavy atom. The Kier molecular flexibility index (Phi) is 8.86. The van der Waals surface area contributed by atoms with E-state index in [0.29, 0.717) is 0 Å². The van der Waals surface area contributed by atoms with Gasteiger partial charge in [-0.25, -0.2) is 0 Å². The predicted molar refractivity (Wildman–Crippen MR) is 82.8 cm³/mol. The minimum Gasteiger partial charge on any atom is -0.363 e. The van der Waals surface area contributed by atoms with E-state index in [1.54, 1.807) is 0 Å². The number of rotatable bonds is 12. The molecule has 0 radical (unpaired) electrons. The van der Waals surface area contributed by atoms with E-state index in [2.05, 4.69) is 17.6 Å². The Hall–Kier alpha value is -0.610. The molecule has 1 aliphatic heterocycles. The summed E-state index contributed by atoms with van der Waals surface area (Å²) in [5.41, 5.74) is -0.129. The van der Waals surface area contributed by atoms with Crippen LogP contribution in [-0.4, -0.2) is 37.7 Å². The number of hydrogen-bond acceptors (Lipinski definition) is 3. The molecular formula is C16H32N2O2. The summed E-state index contributed by atoms with van der Waals surface area (Å²) in [6.45, 7) is 6.95. The molecule has 0 bridgehead atoms. The van der Waals surface area contributed by atoms with Crippen molar-refractivity contribution in [2.45, 2.75) is 70.8 Å². The standard InChI is InChI=1S/C16H32N2O2/c1-3-4-5-6-7-8-9-10-11-18-15(19)12-20-16(2)13-17-14-16/h17H,3-14H2,1-2H3,(H,18,19). The Labute approximate surface area is 124 Å². The topological polar surface area (TPSA) is 50.4 Å². The van der Waals surface area contributed by atoms with Gasteiger partial charge in [-0.05, 0) is 13.3 Å². The minimum absolute atomic E-state index is 0.0149. The quantitative estimate of drug-likeness (QED) is 0.542. The lowest BCUT2D eigenvalue weighted by molar-refractivity contribution is -0.135. The van der Waals surface area contributed by atoms with Crippen LogP contribution in [0.3, 0.4) is 0 Å². The number of unbranched alkanes of at least 4 members (excludes halogenated alkanes) is 7. The van der Waals surface area contributed by atoms with Crippen molar-refractivity contribution in [1.82, 2.24) is 10.6 Å². The van der Waals surface area contributed by atoms with Gasteiger partial charge in [-0.15, -0.1) is 0 Å². The number of carbonyl (C=O) groups is 1. The molecule has 4 nitrogen and oxygen atoms in total. The second kappa shape index (κ2) is 10.2. The van der Waals surface area contributed by atoms with E-state index in [1.165, 1.54) is 44.9 Å². The van der Waals surface area contributed by atoms with Gasteiger partial charge in [0.1, 0.15) is 6.61 Å². The summed E-state index contributed by atoms with van der Waals surface area (Å²) in [6, 6.07) is 0. The minimum atomic E-state index is -0.129. The fourth-order valence-electron chi connectivity index (χ4n) is 2.36. The number of amides is 1. The molecule has 0 spiro atoms. The van der Waals surface area contributed by atoms with Crippen molar-refractivity contribution in [2.75, 3.05) is 26.2 Å². The summed E-state index contributed by atoms with van der Waals surface area (Å²) in [5, 5.41) is 6.08. The highest BCUT2D eigenvalue weighted by Crippen LogP contribution is 2.14. The van der Waals surface area contributed by atoms with Gasteiger partial charge >= 0.3 is 0 Å². The maximum Gasteiger partial charge on any atom is 0.246 e. The van der Waals surface area contributed by atoms with Gasteiger partial charge in [-0.3, -0.25) is 4.79 Å². The summed E-state index contributed by atoms with van der Waals surface area (Å²) < 4.78 is 5.59. The molecule has 0 atom stereocenters. The number of hydrogen-bond donors (Lipinski definition) is 2. The number of ether oxygens (including phenoxy) is 1. The smallest absolute Gasteiger partial charge is 0.246 e. The van der Waals surface area contributed by atoms with Crippen molar-refractivity contribution in [3.05, 3.63) is 0 Å². The molecule has 0 aromatic heterocycles. The maximum atomic E-state index is 11.6. The first-order valence-corrected chi connectivity index (χ1v) is 8.28. The molecule has 1 rings (SSSR count). The van der Waals surface area contributed by atoms with Gasteiger partial charge in [0.15, 0.2) is 0 Å². The van der Waals surface area contributed by atoms with Crippen LogP contribution >= 0.6 is 0 Å². The van der Waals surface area contributed by atoms with E-state index >= 15 is 0 Å². The summed E-state index contributed by atoms with van der Waals surface area (Å²) in [4.78, 5) is 11.6. The fourth-order valence-corrected chi connectivity index (χ4v) is 2.36. The predicted octanol–water partition coefficient (Wildman–Crippen LogP) is 2.62. The molecule has 20 heavy (non-hydrogen) atoms. The Balaban J connectivity index is 1.82. The summed E-state index contributed by atoms with van der Waals surface area (Å²) in [5.74, 6) is 0.0149. The number of carbonyl (C=O) groups excluding carboxylic acids is 1. The van der Waals surface area contributed by atoms with Crippen LogP contribution in [0.4, 0.5) is 0 Å². The number of nitrogens with one attached hydrogen (secondary N) is 2. The van der Waals surface area contributed by atoms with Crippen LogP contribution in [0.15, 0.2) is 0 Å². The molecule has 2 N–H and O–H groups in total. The molecule has 0 aromatic rings. The van der Waals surface area contributed by atoms with Crippen molar-refractivity contribution < 1.29 is 9.53 Å². The van der Waals surface area contributed by atoms with E-state index in [0.717, 1.165) is 26.1 Å². The fraction of sp³-hybridized carbons (Fsp3) is 0.938. The largest absolute Gasteiger partial charge is 0.363 e. The van der Waals surface area contributed by atoms with Gasteiger partial charge in [0.2, 0.25) is 5.91 Å². The highest BCUT2D eigenvalue weighted by atomic mass is 16.5. The van der Waals surface area contributed by atoms with Crippen molar-refractivity contribution in [2.24, 2.45) is 0 Å². The molecule has 0 saturated carbocycles. The first-order chi connectivity index (χ1) is 9.66. The normalized spacial score (nSPS) is 16.7. The molecule has 1 fully saturated rings. The lowest BCUT2D eigenvalue weighted by Gasteiger charge is -2.38. The van der Waals surface area contributed by atoms with Crippen LogP contribution in [0.25, 0.3) is 0 Å². The van der Waals surface area contributed by atoms with Crippen molar-refractivity contribution in [1.29, 1.82) is 0 Å². The Morgan fingerprint density at radius 3 is 2.25 bits per heavy atom. The molecule has 0 aliphatic carbocycles. The van der Waals surface area contributed by atoms with E-state index in [-0.39, 0.29) is 18.1 Å². The first-order valence-electron chi connectivity index (χ1n) is 8.28. The highest BCUT2D eigenvalue weighted by Gasteiger charge is 2.32. The van der Waals surface area contributed by atoms with Crippen LogP contribution in [0, 0.1) is 0 Å². The molecule has 4 heteroatoms. The van der Waals surface area contributed by atoms with Gasteiger partial charge in [-0.1, -0.05) is 51.9 Å². The summed E-state index contributed by atoms with van der Waals surface area (Å²) >= 11 is 0. The molecule has 0 aromatic carbocycles. The first kappa shape index (κ1) is 17.4. The lowest BCUT2D eigenvalue weighted by Crippen LogP contribution is -2.59.